The summed E-state index contributed by atoms with van der Waals surface area (Å²) in [7, 11) is 0. The predicted molar refractivity (Wildman–Crippen MR) is 108 cm³/mol. The first-order chi connectivity index (χ1) is 13.7. The molecule has 0 bridgehead atoms. The highest BCUT2D eigenvalue weighted by Gasteiger charge is 2.25. The molecule has 0 aromatic heterocycles. The summed E-state index contributed by atoms with van der Waals surface area (Å²) in [6, 6.07) is 16.7. The molecule has 1 atom stereocenters. The fourth-order valence-electron chi connectivity index (χ4n) is 3.39. The van der Waals surface area contributed by atoms with Crippen molar-refractivity contribution in [2.24, 2.45) is 5.73 Å². The van der Waals surface area contributed by atoms with E-state index >= 15 is 0 Å². The van der Waals surface area contributed by atoms with E-state index in [9.17, 15) is 9.59 Å². The van der Waals surface area contributed by atoms with E-state index in [1.807, 2.05) is 59.5 Å². The molecule has 1 fully saturated rings. The highest BCUT2D eigenvalue weighted by atomic mass is 16.5. The van der Waals surface area contributed by atoms with Crippen LogP contribution in [0, 0.1) is 0 Å². The number of ether oxygens (including phenoxy) is 1. The minimum absolute atomic E-state index is 0.0129. The van der Waals surface area contributed by atoms with Crippen molar-refractivity contribution >= 4 is 11.8 Å². The summed E-state index contributed by atoms with van der Waals surface area (Å²) in [4.78, 5) is 26.9. The first-order valence-electron chi connectivity index (χ1n) is 9.71. The van der Waals surface area contributed by atoms with Crippen LogP contribution in [0.25, 0.3) is 0 Å². The SMILES string of the molecule is NCCOc1ccc(CC(=O)NC2CCCN(C(=O)c3ccccc3)C2)cc1. The molecule has 1 aliphatic heterocycles. The van der Waals surface area contributed by atoms with E-state index in [2.05, 4.69) is 5.32 Å². The maximum Gasteiger partial charge on any atom is 0.253 e. The van der Waals surface area contributed by atoms with Crippen molar-refractivity contribution in [1.82, 2.24) is 10.2 Å². The van der Waals surface area contributed by atoms with Crippen molar-refractivity contribution in [2.45, 2.75) is 25.3 Å². The molecule has 6 nitrogen and oxygen atoms in total. The molecule has 2 amide bonds. The number of amides is 2. The molecule has 1 heterocycles. The number of rotatable bonds is 7. The third-order valence-electron chi connectivity index (χ3n) is 4.77. The number of carbonyl (C=O) groups excluding carboxylic acids is 2. The van der Waals surface area contributed by atoms with Crippen LogP contribution in [0.3, 0.4) is 0 Å². The number of piperidine rings is 1. The number of nitrogens with one attached hydrogen (secondary N) is 1. The van der Waals surface area contributed by atoms with Gasteiger partial charge in [-0.05, 0) is 42.7 Å². The molecule has 3 rings (SSSR count). The van der Waals surface area contributed by atoms with Gasteiger partial charge in [-0.3, -0.25) is 9.59 Å². The number of likely N-dealkylation sites (tertiary alicyclic amines) is 1. The minimum Gasteiger partial charge on any atom is -0.492 e. The molecule has 0 radical (unpaired) electrons. The molecule has 1 aliphatic rings. The number of nitrogens with two attached hydrogens (primary N) is 1. The summed E-state index contributed by atoms with van der Waals surface area (Å²) in [6.45, 7) is 2.21. The molecule has 0 saturated carbocycles. The Kier molecular flexibility index (Phi) is 7.03. The normalized spacial score (nSPS) is 16.5. The fourth-order valence-corrected chi connectivity index (χ4v) is 3.39. The smallest absolute Gasteiger partial charge is 0.253 e. The van der Waals surface area contributed by atoms with Crippen molar-refractivity contribution in [3.63, 3.8) is 0 Å². The quantitative estimate of drug-likeness (QED) is 0.768. The highest BCUT2D eigenvalue weighted by Crippen LogP contribution is 2.15. The van der Waals surface area contributed by atoms with Crippen LogP contribution in [0.15, 0.2) is 54.6 Å². The van der Waals surface area contributed by atoms with E-state index in [0.717, 1.165) is 30.7 Å². The Hall–Kier alpha value is -2.86. The Morgan fingerprint density at radius 3 is 2.57 bits per heavy atom. The van der Waals surface area contributed by atoms with Gasteiger partial charge in [0.2, 0.25) is 5.91 Å². The third kappa shape index (κ3) is 5.57. The molecular weight excluding hydrogens is 354 g/mol. The topological polar surface area (TPSA) is 84.7 Å². The van der Waals surface area contributed by atoms with Crippen molar-refractivity contribution in [1.29, 1.82) is 0 Å². The molecule has 2 aromatic rings. The number of benzene rings is 2. The molecule has 28 heavy (non-hydrogen) atoms. The number of hydrogen-bond donors (Lipinski definition) is 2. The zero-order valence-electron chi connectivity index (χ0n) is 16.0. The lowest BCUT2D eigenvalue weighted by Crippen LogP contribution is -2.49. The Morgan fingerprint density at radius 1 is 1.11 bits per heavy atom. The first kappa shape index (κ1) is 19.9. The largest absolute Gasteiger partial charge is 0.492 e. The van der Waals surface area contributed by atoms with E-state index in [1.54, 1.807) is 0 Å². The van der Waals surface area contributed by atoms with Crippen molar-refractivity contribution < 1.29 is 14.3 Å². The van der Waals surface area contributed by atoms with Gasteiger partial charge in [-0.2, -0.15) is 0 Å². The van der Waals surface area contributed by atoms with Gasteiger partial charge in [-0.25, -0.2) is 0 Å². The van der Waals surface area contributed by atoms with Crippen molar-refractivity contribution in [3.05, 3.63) is 65.7 Å². The molecule has 3 N–H and O–H groups in total. The van der Waals surface area contributed by atoms with Crippen LogP contribution in [0.1, 0.15) is 28.8 Å². The second kappa shape index (κ2) is 9.90. The standard InChI is InChI=1S/C22H27N3O3/c23-12-14-28-20-10-8-17(9-11-20)15-21(26)24-19-7-4-13-25(16-19)22(27)18-5-2-1-3-6-18/h1-3,5-6,8-11,19H,4,7,12-16,23H2,(H,24,26). The van der Waals surface area contributed by atoms with Crippen LogP contribution >= 0.6 is 0 Å². The lowest BCUT2D eigenvalue weighted by Gasteiger charge is -2.33. The lowest BCUT2D eigenvalue weighted by molar-refractivity contribution is -0.121. The molecular formula is C22H27N3O3. The first-order valence-corrected chi connectivity index (χ1v) is 9.71. The van der Waals surface area contributed by atoms with Crippen LogP contribution in [0.2, 0.25) is 0 Å². The monoisotopic (exact) mass is 381 g/mol. The van der Waals surface area contributed by atoms with Gasteiger partial charge in [-0.1, -0.05) is 30.3 Å². The predicted octanol–water partition coefficient (Wildman–Crippen LogP) is 1.99. The Labute approximate surface area is 165 Å². The third-order valence-corrected chi connectivity index (χ3v) is 4.77. The average Bonchev–Trinajstić information content (AvgIpc) is 2.73. The number of hydrogen-bond acceptors (Lipinski definition) is 4. The second-order valence-electron chi connectivity index (χ2n) is 6.98. The van der Waals surface area contributed by atoms with E-state index in [1.165, 1.54) is 0 Å². The van der Waals surface area contributed by atoms with Gasteiger partial charge in [0.25, 0.3) is 5.91 Å². The maximum atomic E-state index is 12.6. The van der Waals surface area contributed by atoms with Crippen LogP contribution < -0.4 is 15.8 Å². The highest BCUT2D eigenvalue weighted by molar-refractivity contribution is 5.94. The summed E-state index contributed by atoms with van der Waals surface area (Å²) in [6.07, 6.45) is 2.08. The average molecular weight is 381 g/mol. The molecule has 0 spiro atoms. The Morgan fingerprint density at radius 2 is 1.86 bits per heavy atom. The van der Waals surface area contributed by atoms with Crippen molar-refractivity contribution in [2.75, 3.05) is 26.2 Å². The maximum absolute atomic E-state index is 12.6. The van der Waals surface area contributed by atoms with Crippen LogP contribution in [0.4, 0.5) is 0 Å². The van der Waals surface area contributed by atoms with Crippen molar-refractivity contribution in [3.8, 4) is 5.75 Å². The van der Waals surface area contributed by atoms with Gasteiger partial charge >= 0.3 is 0 Å². The summed E-state index contributed by atoms with van der Waals surface area (Å²) >= 11 is 0. The van der Waals surface area contributed by atoms with Gasteiger partial charge in [0.15, 0.2) is 0 Å². The Bertz CT molecular complexity index is 777. The van der Waals surface area contributed by atoms with Gasteiger partial charge in [0.1, 0.15) is 12.4 Å². The lowest BCUT2D eigenvalue weighted by atomic mass is 10.0. The van der Waals surface area contributed by atoms with E-state index in [-0.39, 0.29) is 17.9 Å². The summed E-state index contributed by atoms with van der Waals surface area (Å²) in [5.41, 5.74) is 7.03. The second-order valence-corrected chi connectivity index (χ2v) is 6.98. The molecule has 2 aromatic carbocycles. The van der Waals surface area contributed by atoms with E-state index in [0.29, 0.717) is 31.7 Å². The Balaban J connectivity index is 1.50. The van der Waals surface area contributed by atoms with Gasteiger partial charge in [0, 0.05) is 31.2 Å². The molecule has 148 valence electrons. The zero-order chi connectivity index (χ0) is 19.8. The summed E-state index contributed by atoms with van der Waals surface area (Å²) in [5.74, 6) is 0.735. The number of nitrogens with zero attached hydrogens (tertiary/aromatic N) is 1. The van der Waals surface area contributed by atoms with E-state index in [4.69, 9.17) is 10.5 Å². The molecule has 0 aliphatic carbocycles. The molecule has 1 saturated heterocycles. The van der Waals surface area contributed by atoms with Crippen LogP contribution in [0.5, 0.6) is 5.75 Å². The van der Waals surface area contributed by atoms with E-state index < -0.39 is 0 Å². The zero-order valence-corrected chi connectivity index (χ0v) is 16.0. The van der Waals surface area contributed by atoms with Gasteiger partial charge in [0.05, 0.1) is 6.42 Å². The van der Waals surface area contributed by atoms with Crippen LogP contribution in [-0.4, -0.2) is 49.0 Å². The molecule has 6 heteroatoms. The number of carbonyl (C=O) groups is 2. The van der Waals surface area contributed by atoms with Gasteiger partial charge < -0.3 is 20.7 Å². The minimum atomic E-state index is -0.0327. The summed E-state index contributed by atoms with van der Waals surface area (Å²) < 4.78 is 5.44. The summed E-state index contributed by atoms with van der Waals surface area (Å²) in [5, 5.41) is 3.07. The van der Waals surface area contributed by atoms with Gasteiger partial charge in [-0.15, -0.1) is 0 Å². The molecule has 1 unspecified atom stereocenters. The van der Waals surface area contributed by atoms with Crippen LogP contribution in [-0.2, 0) is 11.2 Å². The fraction of sp³-hybridized carbons (Fsp3) is 0.364.